The van der Waals surface area contributed by atoms with Crippen LogP contribution in [0.5, 0.6) is 0 Å². The smallest absolute Gasteiger partial charge is 0.252 e. The Labute approximate surface area is 429 Å². The van der Waals surface area contributed by atoms with Gasteiger partial charge in [0.15, 0.2) is 5.58 Å². The summed E-state index contributed by atoms with van der Waals surface area (Å²) in [5.74, 6) is 0. The first-order chi connectivity index (χ1) is 34.7. The SMILES string of the molecule is CC(C)(C)c1ccc2c(c1)B1c3cc(C(C)(C)C)ccc3N(c3cccc4c3oc3ccccc34)c3cc(N4c5ccccc5C5(C)CCCCCCC45C)cc(c31)N2c1ccc2sc3ccccc3c2c1. The molecule has 2 unspecified atom stereocenters. The van der Waals surface area contributed by atoms with Gasteiger partial charge in [-0.15, -0.1) is 11.3 Å². The lowest BCUT2D eigenvalue weighted by Crippen LogP contribution is -2.62. The van der Waals surface area contributed by atoms with E-state index in [0.717, 1.165) is 34.0 Å². The number of fused-ring (bicyclic) bond motifs is 13. The lowest BCUT2D eigenvalue weighted by molar-refractivity contribution is 0.218. The van der Waals surface area contributed by atoms with Crippen LogP contribution >= 0.6 is 11.3 Å². The van der Waals surface area contributed by atoms with Gasteiger partial charge in [-0.25, -0.2) is 0 Å². The van der Waals surface area contributed by atoms with Crippen LogP contribution in [-0.2, 0) is 16.2 Å². The third-order valence-corrected chi connectivity index (χ3v) is 18.9. The number of hydrogen-bond acceptors (Lipinski definition) is 5. The fraction of sp³-hybridized carbons (Fsp3) is 0.273. The fourth-order valence-electron chi connectivity index (χ4n) is 13.8. The first kappa shape index (κ1) is 44.0. The maximum absolute atomic E-state index is 7.05. The first-order valence-corrected chi connectivity index (χ1v) is 27.3. The molecular formula is C66H62BN3OS. The summed E-state index contributed by atoms with van der Waals surface area (Å²) < 4.78 is 9.69. The Morgan fingerprint density at radius 3 is 1.85 bits per heavy atom. The molecule has 1 saturated carbocycles. The van der Waals surface area contributed by atoms with Crippen LogP contribution < -0.4 is 31.1 Å². The van der Waals surface area contributed by atoms with Crippen molar-refractivity contribution in [1.29, 1.82) is 0 Å². The predicted octanol–water partition coefficient (Wildman–Crippen LogP) is 17.2. The van der Waals surface area contributed by atoms with Crippen LogP contribution in [0.15, 0.2) is 162 Å². The number of anilines is 8. The second-order valence-electron chi connectivity index (χ2n) is 24.0. The molecule has 6 heteroatoms. The molecule has 0 spiro atoms. The molecule has 1 aliphatic carbocycles. The Balaban J connectivity index is 1.14. The molecule has 0 bridgehead atoms. The van der Waals surface area contributed by atoms with Gasteiger partial charge in [-0.2, -0.15) is 0 Å². The van der Waals surface area contributed by atoms with Gasteiger partial charge in [0.1, 0.15) is 5.58 Å². The van der Waals surface area contributed by atoms with Crippen molar-refractivity contribution in [2.45, 2.75) is 116 Å². The van der Waals surface area contributed by atoms with Gasteiger partial charge < -0.3 is 19.1 Å². The van der Waals surface area contributed by atoms with Crippen molar-refractivity contribution in [2.75, 3.05) is 14.7 Å². The molecule has 0 saturated heterocycles. The third-order valence-electron chi connectivity index (χ3n) is 17.8. The maximum atomic E-state index is 7.05. The second-order valence-corrected chi connectivity index (χ2v) is 25.0. The average Bonchev–Trinajstić information content (AvgIpc) is 3.99. The van der Waals surface area contributed by atoms with Crippen molar-refractivity contribution in [2.24, 2.45) is 0 Å². The van der Waals surface area contributed by atoms with E-state index in [4.69, 9.17) is 4.42 Å². The molecule has 8 aromatic carbocycles. The lowest BCUT2D eigenvalue weighted by Gasteiger charge is -2.50. The molecule has 14 rings (SSSR count). The van der Waals surface area contributed by atoms with Gasteiger partial charge >= 0.3 is 0 Å². The topological polar surface area (TPSA) is 22.9 Å². The fourth-order valence-corrected chi connectivity index (χ4v) is 14.9. The highest BCUT2D eigenvalue weighted by Gasteiger charge is 2.57. The van der Waals surface area contributed by atoms with Crippen LogP contribution in [0, 0.1) is 0 Å². The number of para-hydroxylation sites is 3. The van der Waals surface area contributed by atoms with Gasteiger partial charge in [-0.05, 0) is 130 Å². The van der Waals surface area contributed by atoms with Crippen LogP contribution in [0.3, 0.4) is 0 Å². The summed E-state index contributed by atoms with van der Waals surface area (Å²) >= 11 is 1.89. The van der Waals surface area contributed by atoms with Crippen LogP contribution in [0.2, 0.25) is 0 Å². The second kappa shape index (κ2) is 15.4. The summed E-state index contributed by atoms with van der Waals surface area (Å²) in [6.45, 7) is 19.3. The summed E-state index contributed by atoms with van der Waals surface area (Å²) in [5.41, 5.74) is 19.4. The number of hydrogen-bond donors (Lipinski definition) is 0. The van der Waals surface area contributed by atoms with E-state index in [9.17, 15) is 0 Å². The highest BCUT2D eigenvalue weighted by Crippen LogP contribution is 2.61. The van der Waals surface area contributed by atoms with Crippen LogP contribution in [-0.4, -0.2) is 12.3 Å². The number of nitrogens with zero attached hydrogens (tertiary/aromatic N) is 3. The number of rotatable bonds is 3. The monoisotopic (exact) mass is 955 g/mol. The van der Waals surface area contributed by atoms with Gasteiger partial charge in [0.05, 0.1) is 11.2 Å². The molecule has 0 radical (unpaired) electrons. The van der Waals surface area contributed by atoms with Crippen molar-refractivity contribution >= 4 is 122 Å². The van der Waals surface area contributed by atoms with Crippen LogP contribution in [0.25, 0.3) is 42.1 Å². The minimum Gasteiger partial charge on any atom is -0.454 e. The van der Waals surface area contributed by atoms with Gasteiger partial charge in [-0.1, -0.05) is 165 Å². The predicted molar refractivity (Wildman–Crippen MR) is 310 cm³/mol. The molecule has 356 valence electrons. The average molecular weight is 956 g/mol. The molecule has 0 amide bonds. The largest absolute Gasteiger partial charge is 0.454 e. The summed E-state index contributed by atoms with van der Waals surface area (Å²) in [4.78, 5) is 8.05. The Morgan fingerprint density at radius 2 is 1.10 bits per heavy atom. The number of furan rings is 1. The standard InChI is InChI=1S/C66H62BN3OS/c1-63(2,3)41-28-31-53-50(36-41)67-51-37-42(64(4,5)6)29-32-54(51)69(55-25-19-22-47-45-20-11-15-26-58(45)71-62(47)55)57-40-44(70-52-24-14-13-23-49(52)65(7)34-17-9-10-18-35-66(65,70)8)39-56(61(57)67)68(53)43-30-33-60-48(38-43)46-21-12-16-27-59(46)72-60/h11-16,19-33,36-40H,9-10,17-18,34-35H2,1-8H3. The molecular weight excluding hydrogens is 894 g/mol. The third kappa shape index (κ3) is 6.17. The van der Waals surface area contributed by atoms with Crippen molar-refractivity contribution in [3.63, 3.8) is 0 Å². The molecule has 5 heterocycles. The van der Waals surface area contributed by atoms with Gasteiger partial charge in [0, 0.05) is 76.2 Å². The zero-order chi connectivity index (χ0) is 49.1. The van der Waals surface area contributed by atoms with Crippen LogP contribution in [0.4, 0.5) is 45.5 Å². The summed E-state index contributed by atoms with van der Waals surface area (Å²) in [6.07, 6.45) is 7.32. The van der Waals surface area contributed by atoms with Crippen molar-refractivity contribution < 1.29 is 4.42 Å². The number of benzene rings is 8. The molecule has 0 N–H and O–H groups in total. The summed E-state index contributed by atoms with van der Waals surface area (Å²) in [5, 5.41) is 4.89. The highest BCUT2D eigenvalue weighted by atomic mass is 32.1. The molecule has 4 nitrogen and oxygen atoms in total. The molecule has 3 aliphatic heterocycles. The Bertz CT molecular complexity index is 3890. The molecule has 10 aromatic rings. The minimum absolute atomic E-state index is 0.0319. The van der Waals surface area contributed by atoms with Crippen LogP contribution in [0.1, 0.15) is 111 Å². The van der Waals surface area contributed by atoms with Gasteiger partial charge in [0.25, 0.3) is 6.71 Å². The summed E-state index contributed by atoms with van der Waals surface area (Å²) in [7, 11) is 0. The Hall–Kier alpha value is -6.76. The molecule has 72 heavy (non-hydrogen) atoms. The summed E-state index contributed by atoms with van der Waals surface area (Å²) in [6, 6.07) is 60.9. The number of thiophene rings is 1. The van der Waals surface area contributed by atoms with E-state index in [1.807, 2.05) is 11.3 Å². The highest BCUT2D eigenvalue weighted by molar-refractivity contribution is 7.25. The lowest BCUT2D eigenvalue weighted by atomic mass is 9.33. The zero-order valence-corrected chi connectivity index (χ0v) is 43.8. The molecule has 2 aromatic heterocycles. The Kier molecular flexibility index (Phi) is 9.40. The van der Waals surface area contributed by atoms with E-state index >= 15 is 0 Å². The van der Waals surface area contributed by atoms with E-state index in [-0.39, 0.29) is 28.5 Å². The minimum atomic E-state index is -0.164. The quantitative estimate of drug-likeness (QED) is 0.165. The van der Waals surface area contributed by atoms with Crippen molar-refractivity contribution in [1.82, 2.24) is 0 Å². The van der Waals surface area contributed by atoms with E-state index in [1.165, 1.54) is 125 Å². The Morgan fingerprint density at radius 1 is 0.486 bits per heavy atom. The van der Waals surface area contributed by atoms with E-state index in [0.29, 0.717) is 0 Å². The van der Waals surface area contributed by atoms with E-state index in [2.05, 4.69) is 228 Å². The van der Waals surface area contributed by atoms with E-state index in [1.54, 1.807) is 0 Å². The van der Waals surface area contributed by atoms with E-state index < -0.39 is 0 Å². The van der Waals surface area contributed by atoms with Crippen molar-refractivity contribution in [3.05, 3.63) is 174 Å². The first-order valence-electron chi connectivity index (χ1n) is 26.5. The molecule has 4 aliphatic rings. The maximum Gasteiger partial charge on any atom is 0.252 e. The molecule has 2 atom stereocenters. The normalized spacial score (nSPS) is 19.6. The van der Waals surface area contributed by atoms with Gasteiger partial charge in [0.2, 0.25) is 0 Å². The zero-order valence-electron chi connectivity index (χ0n) is 43.0. The molecule has 1 fully saturated rings. The van der Waals surface area contributed by atoms with Crippen molar-refractivity contribution in [3.8, 4) is 0 Å². The van der Waals surface area contributed by atoms with Gasteiger partial charge in [-0.3, -0.25) is 0 Å².